The van der Waals surface area contributed by atoms with E-state index in [-0.39, 0.29) is 0 Å². The van der Waals surface area contributed by atoms with Crippen LogP contribution in [0, 0.1) is 5.92 Å². The highest BCUT2D eigenvalue weighted by Gasteiger charge is 2.04. The standard InChI is InChI=1S/C29H46N2O2/c1-4-6-7-8-9-10-11-14-22-33-28-23-30-29(31-24-28)26-17-19-27(20-18-26)32-21-15-12-13-16-25(3)5-2/h17-20,23-25H,4-16,21-22H2,1-3H3. The van der Waals surface area contributed by atoms with E-state index < -0.39 is 0 Å². The summed E-state index contributed by atoms with van der Waals surface area (Å²) in [5.74, 6) is 3.21. The van der Waals surface area contributed by atoms with Crippen molar-refractivity contribution in [1.29, 1.82) is 0 Å². The zero-order valence-electron chi connectivity index (χ0n) is 21.4. The van der Waals surface area contributed by atoms with Gasteiger partial charge in [0.15, 0.2) is 11.6 Å². The van der Waals surface area contributed by atoms with Gasteiger partial charge < -0.3 is 9.47 Å². The molecule has 1 aromatic carbocycles. The molecule has 1 unspecified atom stereocenters. The maximum absolute atomic E-state index is 5.89. The number of nitrogens with zero attached hydrogens (tertiary/aromatic N) is 2. The Morgan fingerprint density at radius 3 is 1.82 bits per heavy atom. The summed E-state index contributed by atoms with van der Waals surface area (Å²) in [6, 6.07) is 8.05. The summed E-state index contributed by atoms with van der Waals surface area (Å²) in [5, 5.41) is 0. The predicted molar refractivity (Wildman–Crippen MR) is 139 cm³/mol. The molecule has 2 rings (SSSR count). The lowest BCUT2D eigenvalue weighted by Gasteiger charge is -2.09. The van der Waals surface area contributed by atoms with Crippen molar-refractivity contribution in [1.82, 2.24) is 9.97 Å². The van der Waals surface area contributed by atoms with Crippen molar-refractivity contribution in [3.05, 3.63) is 36.7 Å². The zero-order valence-corrected chi connectivity index (χ0v) is 21.4. The molecular weight excluding hydrogens is 408 g/mol. The van der Waals surface area contributed by atoms with Gasteiger partial charge in [0.2, 0.25) is 0 Å². The van der Waals surface area contributed by atoms with Gasteiger partial charge in [-0.1, -0.05) is 91.4 Å². The van der Waals surface area contributed by atoms with Gasteiger partial charge in [-0.15, -0.1) is 0 Å². The van der Waals surface area contributed by atoms with Crippen molar-refractivity contribution in [3.8, 4) is 22.9 Å². The van der Waals surface area contributed by atoms with E-state index in [0.717, 1.165) is 49.0 Å². The molecule has 0 N–H and O–H groups in total. The van der Waals surface area contributed by atoms with Gasteiger partial charge in [-0.2, -0.15) is 0 Å². The first-order valence-corrected chi connectivity index (χ1v) is 13.4. The number of ether oxygens (including phenoxy) is 2. The Morgan fingerprint density at radius 1 is 0.667 bits per heavy atom. The van der Waals surface area contributed by atoms with E-state index in [9.17, 15) is 0 Å². The molecule has 0 bridgehead atoms. The largest absolute Gasteiger partial charge is 0.494 e. The molecule has 0 aliphatic heterocycles. The Kier molecular flexibility index (Phi) is 14.3. The number of aromatic nitrogens is 2. The lowest BCUT2D eigenvalue weighted by molar-refractivity contribution is 0.302. The summed E-state index contributed by atoms with van der Waals surface area (Å²) in [6.45, 7) is 8.38. The molecule has 33 heavy (non-hydrogen) atoms. The van der Waals surface area contributed by atoms with Crippen LogP contribution in [0.2, 0.25) is 0 Å². The highest BCUT2D eigenvalue weighted by molar-refractivity contribution is 5.56. The average Bonchev–Trinajstić information content (AvgIpc) is 2.85. The minimum atomic E-state index is 0.714. The van der Waals surface area contributed by atoms with E-state index in [1.165, 1.54) is 70.6 Å². The topological polar surface area (TPSA) is 44.2 Å². The smallest absolute Gasteiger partial charge is 0.159 e. The van der Waals surface area contributed by atoms with Gasteiger partial charge in [0.1, 0.15) is 5.75 Å². The first-order valence-electron chi connectivity index (χ1n) is 13.4. The molecule has 1 atom stereocenters. The predicted octanol–water partition coefficient (Wildman–Crippen LogP) is 8.65. The summed E-state index contributed by atoms with van der Waals surface area (Å²) < 4.78 is 11.7. The molecule has 1 aromatic heterocycles. The molecule has 4 heteroatoms. The zero-order chi connectivity index (χ0) is 23.6. The Labute approximate surface area is 202 Å². The minimum Gasteiger partial charge on any atom is -0.494 e. The SMILES string of the molecule is CCCCCCCCCCOc1cnc(-c2ccc(OCCCCCC(C)CC)cc2)nc1. The van der Waals surface area contributed by atoms with Gasteiger partial charge in [-0.3, -0.25) is 0 Å². The van der Waals surface area contributed by atoms with Crippen molar-refractivity contribution < 1.29 is 9.47 Å². The van der Waals surface area contributed by atoms with Crippen molar-refractivity contribution >= 4 is 0 Å². The third kappa shape index (κ3) is 12.1. The normalized spacial score (nSPS) is 12.0. The van der Waals surface area contributed by atoms with Gasteiger partial charge >= 0.3 is 0 Å². The van der Waals surface area contributed by atoms with Crippen LogP contribution < -0.4 is 9.47 Å². The number of hydrogen-bond acceptors (Lipinski definition) is 4. The van der Waals surface area contributed by atoms with E-state index in [4.69, 9.17) is 9.47 Å². The molecular formula is C29H46N2O2. The number of unbranched alkanes of at least 4 members (excludes halogenated alkanes) is 9. The number of benzene rings is 1. The van der Waals surface area contributed by atoms with Crippen molar-refractivity contribution in [2.75, 3.05) is 13.2 Å². The second kappa shape index (κ2) is 17.4. The Bertz CT molecular complexity index is 715. The fourth-order valence-corrected chi connectivity index (χ4v) is 3.83. The molecule has 0 spiro atoms. The summed E-state index contributed by atoms with van der Waals surface area (Å²) in [7, 11) is 0. The number of rotatable bonds is 19. The fourth-order valence-electron chi connectivity index (χ4n) is 3.83. The molecule has 0 aliphatic carbocycles. The molecule has 0 saturated heterocycles. The van der Waals surface area contributed by atoms with Crippen LogP contribution in [0.15, 0.2) is 36.7 Å². The van der Waals surface area contributed by atoms with Gasteiger partial charge in [0.05, 0.1) is 25.6 Å². The summed E-state index contributed by atoms with van der Waals surface area (Å²) in [6.07, 6.45) is 20.2. The van der Waals surface area contributed by atoms with E-state index in [0.29, 0.717) is 5.82 Å². The summed E-state index contributed by atoms with van der Waals surface area (Å²) in [5.41, 5.74) is 0.991. The van der Waals surface area contributed by atoms with Gasteiger partial charge in [0.25, 0.3) is 0 Å². The van der Waals surface area contributed by atoms with Crippen LogP contribution in [-0.4, -0.2) is 23.2 Å². The van der Waals surface area contributed by atoms with Crippen LogP contribution in [-0.2, 0) is 0 Å². The molecule has 4 nitrogen and oxygen atoms in total. The second-order valence-electron chi connectivity index (χ2n) is 9.30. The highest BCUT2D eigenvalue weighted by Crippen LogP contribution is 2.21. The Morgan fingerprint density at radius 2 is 1.21 bits per heavy atom. The lowest BCUT2D eigenvalue weighted by atomic mass is 10.0. The van der Waals surface area contributed by atoms with Crippen LogP contribution >= 0.6 is 0 Å². The van der Waals surface area contributed by atoms with Crippen molar-refractivity contribution in [3.63, 3.8) is 0 Å². The molecule has 0 fully saturated rings. The second-order valence-corrected chi connectivity index (χ2v) is 9.30. The maximum atomic E-state index is 5.89. The van der Waals surface area contributed by atoms with E-state index in [2.05, 4.69) is 30.7 Å². The molecule has 0 aliphatic rings. The molecule has 2 aromatic rings. The Hall–Kier alpha value is -2.10. The van der Waals surface area contributed by atoms with Crippen LogP contribution in [0.1, 0.15) is 104 Å². The Balaban J connectivity index is 1.60. The summed E-state index contributed by atoms with van der Waals surface area (Å²) in [4.78, 5) is 8.95. The summed E-state index contributed by atoms with van der Waals surface area (Å²) >= 11 is 0. The van der Waals surface area contributed by atoms with E-state index >= 15 is 0 Å². The number of hydrogen-bond donors (Lipinski definition) is 0. The molecule has 1 heterocycles. The molecule has 0 radical (unpaired) electrons. The fraction of sp³-hybridized carbons (Fsp3) is 0.655. The van der Waals surface area contributed by atoms with Crippen molar-refractivity contribution in [2.45, 2.75) is 104 Å². The highest BCUT2D eigenvalue weighted by atomic mass is 16.5. The van der Waals surface area contributed by atoms with Crippen LogP contribution in [0.25, 0.3) is 11.4 Å². The third-order valence-electron chi connectivity index (χ3n) is 6.31. The van der Waals surface area contributed by atoms with Gasteiger partial charge in [0, 0.05) is 5.56 Å². The van der Waals surface area contributed by atoms with Crippen LogP contribution in [0.5, 0.6) is 11.5 Å². The molecule has 0 amide bonds. The molecule has 184 valence electrons. The maximum Gasteiger partial charge on any atom is 0.159 e. The molecule has 0 saturated carbocycles. The van der Waals surface area contributed by atoms with Gasteiger partial charge in [-0.05, 0) is 43.0 Å². The quantitative estimate of drug-likeness (QED) is 0.199. The average molecular weight is 455 g/mol. The first-order chi connectivity index (χ1) is 16.2. The van der Waals surface area contributed by atoms with E-state index in [1.807, 2.05) is 24.3 Å². The monoisotopic (exact) mass is 454 g/mol. The lowest BCUT2D eigenvalue weighted by Crippen LogP contribution is -1.99. The van der Waals surface area contributed by atoms with E-state index in [1.54, 1.807) is 12.4 Å². The third-order valence-corrected chi connectivity index (χ3v) is 6.31. The van der Waals surface area contributed by atoms with Gasteiger partial charge in [-0.25, -0.2) is 9.97 Å². The van der Waals surface area contributed by atoms with Crippen LogP contribution in [0.4, 0.5) is 0 Å². The first kappa shape index (κ1) is 27.1. The van der Waals surface area contributed by atoms with Crippen molar-refractivity contribution in [2.24, 2.45) is 5.92 Å². The minimum absolute atomic E-state index is 0.714. The van der Waals surface area contributed by atoms with Crippen LogP contribution in [0.3, 0.4) is 0 Å².